The minimum Gasteiger partial charge on any atom is -0.194 e. The first-order chi connectivity index (χ1) is 10.9. The van der Waals surface area contributed by atoms with Gasteiger partial charge in [-0.2, -0.15) is 20.3 Å². The van der Waals surface area contributed by atoms with Gasteiger partial charge in [-0.05, 0) is 58.4 Å². The number of benzene rings is 2. The van der Waals surface area contributed by atoms with Gasteiger partial charge in [0.2, 0.25) is 0 Å². The quantitative estimate of drug-likeness (QED) is 0.732. The molecule has 2 aromatic carbocycles. The van der Waals surface area contributed by atoms with E-state index in [-0.39, 0.29) is 0 Å². The van der Waals surface area contributed by atoms with Gasteiger partial charge in [0.05, 0.1) is 12.6 Å². The maximum absolute atomic E-state index is 4.51. The highest BCUT2D eigenvalue weighted by atomic mass is 32.3. The molecule has 0 spiro atoms. The molecule has 0 aromatic heterocycles. The Morgan fingerprint density at radius 1 is 0.773 bits per heavy atom. The van der Waals surface area contributed by atoms with Crippen LogP contribution in [0.25, 0.3) is 0 Å². The van der Waals surface area contributed by atoms with Crippen LogP contribution in [0.1, 0.15) is 12.8 Å². The van der Waals surface area contributed by atoms with E-state index in [0.717, 1.165) is 6.54 Å². The summed E-state index contributed by atoms with van der Waals surface area (Å²) in [5, 5.41) is 8.81. The fourth-order valence-electron chi connectivity index (χ4n) is 3.80. The molecule has 2 heterocycles. The zero-order valence-corrected chi connectivity index (χ0v) is 13.6. The minimum absolute atomic E-state index is 0.474. The Balaban J connectivity index is 1.78. The van der Waals surface area contributed by atoms with Crippen LogP contribution in [0.15, 0.2) is 80.7 Å². The highest BCUT2D eigenvalue weighted by Crippen LogP contribution is 2.64. The van der Waals surface area contributed by atoms with E-state index < -0.39 is 10.0 Å². The van der Waals surface area contributed by atoms with E-state index in [4.69, 9.17) is 0 Å². The lowest BCUT2D eigenvalue weighted by Gasteiger charge is -2.40. The van der Waals surface area contributed by atoms with Crippen LogP contribution in [0.3, 0.4) is 0 Å². The third kappa shape index (κ3) is 2.38. The zero-order chi connectivity index (χ0) is 14.8. The number of nitrogens with zero attached hydrogens (tertiary/aromatic N) is 2. The van der Waals surface area contributed by atoms with E-state index in [2.05, 4.69) is 70.9 Å². The number of rotatable bonds is 2. The van der Waals surface area contributed by atoms with Crippen molar-refractivity contribution in [3.8, 4) is 0 Å². The lowest BCUT2D eigenvalue weighted by atomic mass is 9.97. The summed E-state index contributed by atoms with van der Waals surface area (Å²) in [4.78, 5) is 3.08. The second kappa shape index (κ2) is 5.88. The van der Waals surface area contributed by atoms with Crippen molar-refractivity contribution in [2.45, 2.75) is 28.7 Å². The van der Waals surface area contributed by atoms with Crippen molar-refractivity contribution in [2.75, 3.05) is 18.1 Å². The van der Waals surface area contributed by atoms with Gasteiger partial charge in [0.25, 0.3) is 0 Å². The molecule has 0 radical (unpaired) electrons. The van der Waals surface area contributed by atoms with Gasteiger partial charge in [-0.3, -0.25) is 0 Å². The van der Waals surface area contributed by atoms with Crippen molar-refractivity contribution in [3.63, 3.8) is 0 Å². The number of hydrogen-bond donors (Lipinski definition) is 0. The topological polar surface area (TPSA) is 24.7 Å². The average Bonchev–Trinajstić information content (AvgIpc) is 2.97. The van der Waals surface area contributed by atoms with Crippen molar-refractivity contribution in [3.05, 3.63) is 60.7 Å². The van der Waals surface area contributed by atoms with Gasteiger partial charge in [-0.1, -0.05) is 36.4 Å². The smallest absolute Gasteiger partial charge is 0.0762 e. The van der Waals surface area contributed by atoms with E-state index >= 15 is 0 Å². The van der Waals surface area contributed by atoms with Crippen LogP contribution < -0.4 is 0 Å². The van der Waals surface area contributed by atoms with Crippen LogP contribution >= 0.6 is 10.0 Å². The molecule has 2 aliphatic rings. The van der Waals surface area contributed by atoms with Crippen LogP contribution in [0, 0.1) is 5.92 Å². The van der Waals surface area contributed by atoms with E-state index in [1.165, 1.54) is 34.1 Å². The van der Waals surface area contributed by atoms with E-state index in [9.17, 15) is 0 Å². The van der Waals surface area contributed by atoms with Crippen molar-refractivity contribution >= 4 is 10.0 Å². The monoisotopic (exact) mass is 310 g/mol. The summed E-state index contributed by atoms with van der Waals surface area (Å²) in [5.74, 6) is 3.22. The molecule has 0 amide bonds. The second-order valence-corrected chi connectivity index (χ2v) is 9.79. The summed E-state index contributed by atoms with van der Waals surface area (Å²) < 4.78 is 0. The first kappa shape index (κ1) is 14.0. The van der Waals surface area contributed by atoms with Crippen molar-refractivity contribution < 1.29 is 0 Å². The molecule has 1 fully saturated rings. The van der Waals surface area contributed by atoms with Gasteiger partial charge in [0, 0.05) is 5.92 Å². The van der Waals surface area contributed by atoms with E-state index in [1.54, 1.807) is 0 Å². The SMILES string of the molecule is c1ccc(S2(c3ccccc3)CC[C@H]3CN=N[C@@H]3CC2)cc1. The molecule has 0 aliphatic carbocycles. The van der Waals surface area contributed by atoms with Gasteiger partial charge < -0.3 is 0 Å². The van der Waals surface area contributed by atoms with Crippen LogP contribution in [0.5, 0.6) is 0 Å². The summed E-state index contributed by atoms with van der Waals surface area (Å²) in [6.07, 6.45) is 2.45. The molecule has 2 atom stereocenters. The fourth-order valence-corrected chi connectivity index (χ4v) is 7.92. The van der Waals surface area contributed by atoms with Crippen molar-refractivity contribution in [1.82, 2.24) is 0 Å². The standard InChI is InChI=1S/C19H22N2S/c1-3-7-17(8-4-1)22(18-9-5-2-6-10-18)13-11-16-15-20-21-19(16)12-14-22/h1-10,16,19H,11-15H2/t16-,19+/m0/s1. The molecule has 0 N–H and O–H groups in total. The summed E-state index contributed by atoms with van der Waals surface area (Å²) >= 11 is 0. The third-order valence-electron chi connectivity index (χ3n) is 5.08. The number of hydrogen-bond acceptors (Lipinski definition) is 2. The minimum atomic E-state index is -0.935. The number of fused-ring (bicyclic) bond motifs is 1. The molecule has 2 aromatic rings. The molecule has 114 valence electrons. The molecule has 22 heavy (non-hydrogen) atoms. The van der Waals surface area contributed by atoms with Crippen LogP contribution in [0.4, 0.5) is 0 Å². The Morgan fingerprint density at radius 3 is 2.00 bits per heavy atom. The van der Waals surface area contributed by atoms with Crippen molar-refractivity contribution in [2.24, 2.45) is 16.1 Å². The Kier molecular flexibility index (Phi) is 3.75. The first-order valence-corrected chi connectivity index (χ1v) is 10.1. The summed E-state index contributed by atoms with van der Waals surface area (Å²) in [7, 11) is -0.935. The summed E-state index contributed by atoms with van der Waals surface area (Å²) in [6.45, 7) is 0.948. The predicted octanol–water partition coefficient (Wildman–Crippen LogP) is 5.15. The van der Waals surface area contributed by atoms with Gasteiger partial charge in [0.1, 0.15) is 0 Å². The molecule has 4 rings (SSSR count). The number of azo groups is 1. The van der Waals surface area contributed by atoms with Crippen LogP contribution in [-0.4, -0.2) is 24.1 Å². The Hall–Kier alpha value is -1.61. The summed E-state index contributed by atoms with van der Waals surface area (Å²) in [5.41, 5.74) is 0. The highest BCUT2D eigenvalue weighted by molar-refractivity contribution is 8.33. The molecular formula is C19H22N2S. The second-order valence-electron chi connectivity index (χ2n) is 6.26. The van der Waals surface area contributed by atoms with Crippen LogP contribution in [0.2, 0.25) is 0 Å². The maximum Gasteiger partial charge on any atom is 0.0762 e. The normalized spacial score (nSPS) is 27.8. The third-order valence-corrected chi connectivity index (χ3v) is 9.29. The largest absolute Gasteiger partial charge is 0.194 e. The first-order valence-electron chi connectivity index (χ1n) is 8.14. The molecule has 1 saturated heterocycles. The zero-order valence-electron chi connectivity index (χ0n) is 12.8. The highest BCUT2D eigenvalue weighted by Gasteiger charge is 2.37. The van der Waals surface area contributed by atoms with Gasteiger partial charge in [0.15, 0.2) is 0 Å². The predicted molar refractivity (Wildman–Crippen MR) is 93.0 cm³/mol. The van der Waals surface area contributed by atoms with Gasteiger partial charge >= 0.3 is 0 Å². The molecular weight excluding hydrogens is 288 g/mol. The van der Waals surface area contributed by atoms with Gasteiger partial charge in [-0.25, -0.2) is 0 Å². The molecule has 0 bridgehead atoms. The van der Waals surface area contributed by atoms with E-state index in [0.29, 0.717) is 12.0 Å². The molecule has 2 aliphatic heterocycles. The Morgan fingerprint density at radius 2 is 1.36 bits per heavy atom. The molecule has 3 heteroatoms. The molecule has 0 unspecified atom stereocenters. The molecule has 0 saturated carbocycles. The fraction of sp³-hybridized carbons (Fsp3) is 0.368. The van der Waals surface area contributed by atoms with Crippen LogP contribution in [-0.2, 0) is 0 Å². The average molecular weight is 310 g/mol. The van der Waals surface area contributed by atoms with Crippen molar-refractivity contribution in [1.29, 1.82) is 0 Å². The Labute approximate surface area is 134 Å². The summed E-state index contributed by atoms with van der Waals surface area (Å²) in [6, 6.07) is 22.9. The lowest BCUT2D eigenvalue weighted by Crippen LogP contribution is -2.15. The van der Waals surface area contributed by atoms with E-state index in [1.807, 2.05) is 0 Å². The Bertz CT molecular complexity index is 614. The van der Waals surface area contributed by atoms with Gasteiger partial charge in [-0.15, -0.1) is 0 Å². The lowest BCUT2D eigenvalue weighted by molar-refractivity contribution is 0.470. The maximum atomic E-state index is 4.51. The molecule has 2 nitrogen and oxygen atoms in total.